The lowest BCUT2D eigenvalue weighted by molar-refractivity contribution is 1.34. The van der Waals surface area contributed by atoms with E-state index in [0.717, 1.165) is 16.9 Å². The van der Waals surface area contributed by atoms with Crippen LogP contribution in [0.3, 0.4) is 0 Å². The van der Waals surface area contributed by atoms with Gasteiger partial charge in [0.25, 0.3) is 0 Å². The lowest BCUT2D eigenvalue weighted by atomic mass is 9.71. The van der Waals surface area contributed by atoms with Crippen LogP contribution < -0.4 is 10.8 Å². The molecular weight excluding hydrogens is 123 g/mol. The Morgan fingerprint density at radius 2 is 2.50 bits per heavy atom. The summed E-state index contributed by atoms with van der Waals surface area (Å²) in [6.45, 7) is 3.76. The van der Waals surface area contributed by atoms with Crippen molar-refractivity contribution in [3.05, 3.63) is 30.5 Å². The van der Waals surface area contributed by atoms with Gasteiger partial charge in [-0.2, -0.15) is 0 Å². The Balaban J connectivity index is 2.51. The summed E-state index contributed by atoms with van der Waals surface area (Å²) in [5.41, 5.74) is 2.03. The maximum atomic E-state index is 4.11. The first-order valence-electron chi connectivity index (χ1n) is 3.12. The standard InChI is InChI=1S/C7H6BN2/c1-5-8-6-3-2-4-9-7(6)10-5/h2-4H,1H2,(H,9,10). The van der Waals surface area contributed by atoms with Crippen molar-refractivity contribution >= 4 is 18.6 Å². The number of nitrogens with one attached hydrogen (secondary N) is 1. The fourth-order valence-electron chi connectivity index (χ4n) is 1.01. The van der Waals surface area contributed by atoms with E-state index < -0.39 is 0 Å². The Morgan fingerprint density at radius 3 is 3.30 bits per heavy atom. The number of aromatic nitrogens is 1. The molecule has 1 aliphatic heterocycles. The molecule has 2 rings (SSSR count). The molecule has 0 fully saturated rings. The molecule has 1 aromatic heterocycles. The second-order valence-corrected chi connectivity index (χ2v) is 2.24. The second kappa shape index (κ2) is 1.87. The molecule has 0 aliphatic carbocycles. The highest BCUT2D eigenvalue weighted by Crippen LogP contribution is 2.07. The van der Waals surface area contributed by atoms with Gasteiger partial charge in [-0.25, -0.2) is 4.98 Å². The van der Waals surface area contributed by atoms with Crippen molar-refractivity contribution in [3.8, 4) is 0 Å². The number of anilines is 1. The van der Waals surface area contributed by atoms with Gasteiger partial charge >= 0.3 is 0 Å². The van der Waals surface area contributed by atoms with Crippen LogP contribution in [-0.4, -0.2) is 12.3 Å². The highest BCUT2D eigenvalue weighted by atomic mass is 15.0. The summed E-state index contributed by atoms with van der Waals surface area (Å²) < 4.78 is 0. The van der Waals surface area contributed by atoms with Crippen LogP contribution >= 0.6 is 0 Å². The molecule has 1 aromatic rings. The van der Waals surface area contributed by atoms with Crippen molar-refractivity contribution in [3.63, 3.8) is 0 Å². The van der Waals surface area contributed by atoms with Crippen LogP contribution in [0, 0.1) is 0 Å². The number of rotatable bonds is 0. The Morgan fingerprint density at radius 1 is 1.60 bits per heavy atom. The molecule has 0 spiro atoms. The lowest BCUT2D eigenvalue weighted by Gasteiger charge is -1.95. The minimum atomic E-state index is 0.910. The van der Waals surface area contributed by atoms with Crippen LogP contribution in [0.4, 0.5) is 5.82 Å². The topological polar surface area (TPSA) is 24.9 Å². The van der Waals surface area contributed by atoms with Gasteiger partial charge in [-0.1, -0.05) is 12.6 Å². The summed E-state index contributed by atoms with van der Waals surface area (Å²) in [7, 11) is 1.97. The number of hydrogen-bond acceptors (Lipinski definition) is 2. The van der Waals surface area contributed by atoms with Gasteiger partial charge in [-0.15, -0.1) is 0 Å². The van der Waals surface area contributed by atoms with Gasteiger partial charge in [-0.3, -0.25) is 0 Å². The SMILES string of the molecule is C=C1[B]c2cccnc2N1. The van der Waals surface area contributed by atoms with Crippen molar-refractivity contribution in [1.82, 2.24) is 4.98 Å². The van der Waals surface area contributed by atoms with Gasteiger partial charge in [0, 0.05) is 6.20 Å². The zero-order chi connectivity index (χ0) is 6.97. The molecule has 3 heteroatoms. The van der Waals surface area contributed by atoms with Crippen molar-refractivity contribution < 1.29 is 0 Å². The number of nitrogens with zero attached hydrogens (tertiary/aromatic N) is 1. The molecule has 1 aliphatic rings. The van der Waals surface area contributed by atoms with Crippen LogP contribution in [0.1, 0.15) is 0 Å². The summed E-state index contributed by atoms with van der Waals surface area (Å²) >= 11 is 0. The first kappa shape index (κ1) is 5.53. The number of fused-ring (bicyclic) bond motifs is 1. The summed E-state index contributed by atoms with van der Waals surface area (Å²) in [4.78, 5) is 4.11. The number of pyridine rings is 1. The molecule has 10 heavy (non-hydrogen) atoms. The summed E-state index contributed by atoms with van der Waals surface area (Å²) in [5.74, 6) is 0.910. The van der Waals surface area contributed by atoms with E-state index in [1.165, 1.54) is 0 Å². The zero-order valence-electron chi connectivity index (χ0n) is 5.46. The van der Waals surface area contributed by atoms with Gasteiger partial charge in [0.2, 0.25) is 7.28 Å². The maximum absolute atomic E-state index is 4.11. The van der Waals surface area contributed by atoms with E-state index in [9.17, 15) is 0 Å². The minimum Gasteiger partial charge on any atom is -0.354 e. The molecular formula is C7H6BN2. The van der Waals surface area contributed by atoms with Crippen LogP contribution in [-0.2, 0) is 0 Å². The largest absolute Gasteiger partial charge is 0.354 e. The Hall–Kier alpha value is -1.25. The molecule has 0 bridgehead atoms. The van der Waals surface area contributed by atoms with E-state index in [-0.39, 0.29) is 0 Å². The third kappa shape index (κ3) is 0.710. The molecule has 0 saturated carbocycles. The van der Waals surface area contributed by atoms with Gasteiger partial charge in [-0.05, 0) is 17.1 Å². The molecule has 1 radical (unpaired) electrons. The average molecular weight is 129 g/mol. The Kier molecular flexibility index (Phi) is 1.03. The third-order valence-electron chi connectivity index (χ3n) is 1.45. The van der Waals surface area contributed by atoms with E-state index in [2.05, 4.69) is 16.9 Å². The minimum absolute atomic E-state index is 0.910. The summed E-state index contributed by atoms with van der Waals surface area (Å²) in [5, 5.41) is 3.04. The predicted molar refractivity (Wildman–Crippen MR) is 42.4 cm³/mol. The van der Waals surface area contributed by atoms with E-state index in [0.29, 0.717) is 0 Å². The smallest absolute Gasteiger partial charge is 0.218 e. The highest BCUT2D eigenvalue weighted by molar-refractivity contribution is 6.65. The van der Waals surface area contributed by atoms with Gasteiger partial charge in [0.1, 0.15) is 5.82 Å². The van der Waals surface area contributed by atoms with Crippen molar-refractivity contribution in [2.75, 3.05) is 5.32 Å². The van der Waals surface area contributed by atoms with Gasteiger partial charge < -0.3 is 5.32 Å². The van der Waals surface area contributed by atoms with Crippen molar-refractivity contribution in [1.29, 1.82) is 0 Å². The average Bonchev–Trinajstić information content (AvgIpc) is 2.27. The summed E-state index contributed by atoms with van der Waals surface area (Å²) in [6, 6.07) is 3.92. The molecule has 0 atom stereocenters. The Labute approximate surface area is 60.2 Å². The first-order chi connectivity index (χ1) is 4.86. The predicted octanol–water partition coefficient (Wildman–Crippen LogP) is 0.308. The van der Waals surface area contributed by atoms with Crippen LogP contribution in [0.25, 0.3) is 0 Å². The van der Waals surface area contributed by atoms with Crippen LogP contribution in [0.15, 0.2) is 30.5 Å². The molecule has 0 unspecified atom stereocenters. The quantitative estimate of drug-likeness (QED) is 0.509. The molecule has 2 nitrogen and oxygen atoms in total. The monoisotopic (exact) mass is 129 g/mol. The van der Waals surface area contributed by atoms with E-state index in [1.54, 1.807) is 6.20 Å². The van der Waals surface area contributed by atoms with E-state index in [4.69, 9.17) is 0 Å². The van der Waals surface area contributed by atoms with E-state index in [1.807, 2.05) is 19.4 Å². The van der Waals surface area contributed by atoms with E-state index >= 15 is 0 Å². The first-order valence-corrected chi connectivity index (χ1v) is 3.12. The van der Waals surface area contributed by atoms with Crippen LogP contribution in [0.5, 0.6) is 0 Å². The van der Waals surface area contributed by atoms with Crippen molar-refractivity contribution in [2.24, 2.45) is 0 Å². The molecule has 0 amide bonds. The van der Waals surface area contributed by atoms with Gasteiger partial charge in [0.05, 0.1) is 0 Å². The molecule has 0 aromatic carbocycles. The molecule has 47 valence electrons. The van der Waals surface area contributed by atoms with Crippen molar-refractivity contribution in [2.45, 2.75) is 0 Å². The normalized spacial score (nSPS) is 13.8. The fraction of sp³-hybridized carbons (Fsp3) is 0. The molecule has 1 N–H and O–H groups in total. The summed E-state index contributed by atoms with van der Waals surface area (Å²) in [6.07, 6.45) is 1.76. The lowest BCUT2D eigenvalue weighted by Crippen LogP contribution is -2.08. The molecule has 2 heterocycles. The number of hydrogen-bond donors (Lipinski definition) is 1. The van der Waals surface area contributed by atoms with Crippen LogP contribution in [0.2, 0.25) is 0 Å². The highest BCUT2D eigenvalue weighted by Gasteiger charge is 2.13. The Bertz CT molecular complexity index is 256. The zero-order valence-corrected chi connectivity index (χ0v) is 5.46. The third-order valence-corrected chi connectivity index (χ3v) is 1.45. The second-order valence-electron chi connectivity index (χ2n) is 2.24. The van der Waals surface area contributed by atoms with Gasteiger partial charge in [0.15, 0.2) is 0 Å². The fourth-order valence-corrected chi connectivity index (χ4v) is 1.01. The maximum Gasteiger partial charge on any atom is 0.218 e. The molecule has 0 saturated heterocycles.